The molecule has 0 bridgehead atoms. The van der Waals surface area contributed by atoms with E-state index in [1.54, 1.807) is 30.3 Å². The molecule has 28 heavy (non-hydrogen) atoms. The van der Waals surface area contributed by atoms with Gasteiger partial charge in [0, 0.05) is 5.56 Å². The van der Waals surface area contributed by atoms with E-state index in [4.69, 9.17) is 4.74 Å². The summed E-state index contributed by atoms with van der Waals surface area (Å²) in [6.07, 6.45) is 0. The zero-order valence-corrected chi connectivity index (χ0v) is 17.0. The summed E-state index contributed by atoms with van der Waals surface area (Å²) in [5.74, 6) is -0.00159. The number of rotatable bonds is 6. The van der Waals surface area contributed by atoms with Crippen LogP contribution in [-0.2, 0) is 10.0 Å². The van der Waals surface area contributed by atoms with Crippen LogP contribution >= 0.6 is 11.3 Å². The number of hydrogen-bond acceptors (Lipinski definition) is 7. The highest BCUT2D eigenvalue weighted by molar-refractivity contribution is 7.94. The van der Waals surface area contributed by atoms with Gasteiger partial charge in [-0.25, -0.2) is 0 Å². The monoisotopic (exact) mass is 418 g/mol. The maximum absolute atomic E-state index is 12.6. The van der Waals surface area contributed by atoms with E-state index >= 15 is 0 Å². The molecule has 0 aliphatic carbocycles. The number of nitrogens with one attached hydrogen (secondary N) is 2. The molecule has 0 radical (unpaired) electrons. The summed E-state index contributed by atoms with van der Waals surface area (Å²) in [6, 6.07) is 12.2. The molecule has 1 amide bonds. The number of nitrogens with zero attached hydrogens (tertiary/aromatic N) is 2. The largest absolute Gasteiger partial charge is 0.495 e. The van der Waals surface area contributed by atoms with Crippen molar-refractivity contribution in [3.8, 4) is 5.75 Å². The van der Waals surface area contributed by atoms with Gasteiger partial charge in [-0.2, -0.15) is 8.42 Å². The van der Waals surface area contributed by atoms with Crippen LogP contribution in [0.3, 0.4) is 0 Å². The Morgan fingerprint density at radius 3 is 2.57 bits per heavy atom. The number of anilines is 2. The van der Waals surface area contributed by atoms with Crippen LogP contribution in [0, 0.1) is 13.8 Å². The van der Waals surface area contributed by atoms with Crippen LogP contribution in [0.4, 0.5) is 10.8 Å². The third kappa shape index (κ3) is 4.29. The maximum atomic E-state index is 12.6. The van der Waals surface area contributed by atoms with Crippen molar-refractivity contribution in [2.75, 3.05) is 17.1 Å². The van der Waals surface area contributed by atoms with Gasteiger partial charge in [0.15, 0.2) is 0 Å². The predicted molar refractivity (Wildman–Crippen MR) is 108 cm³/mol. The second kappa shape index (κ2) is 7.95. The third-order valence-electron chi connectivity index (χ3n) is 3.85. The number of benzene rings is 2. The summed E-state index contributed by atoms with van der Waals surface area (Å²) >= 11 is 0.760. The first kappa shape index (κ1) is 19.8. The van der Waals surface area contributed by atoms with Gasteiger partial charge in [0.25, 0.3) is 20.3 Å². The zero-order chi connectivity index (χ0) is 20.3. The quantitative estimate of drug-likeness (QED) is 0.595. The van der Waals surface area contributed by atoms with Crippen molar-refractivity contribution < 1.29 is 17.9 Å². The molecule has 3 aromatic rings. The van der Waals surface area contributed by atoms with Crippen molar-refractivity contribution in [1.29, 1.82) is 0 Å². The van der Waals surface area contributed by atoms with Gasteiger partial charge in [-0.1, -0.05) is 35.6 Å². The molecular weight excluding hydrogens is 400 g/mol. The van der Waals surface area contributed by atoms with Crippen LogP contribution in [0.25, 0.3) is 0 Å². The van der Waals surface area contributed by atoms with Crippen molar-refractivity contribution in [1.82, 2.24) is 10.2 Å². The Kier molecular flexibility index (Phi) is 5.61. The van der Waals surface area contributed by atoms with Gasteiger partial charge >= 0.3 is 0 Å². The van der Waals surface area contributed by atoms with Crippen LogP contribution < -0.4 is 14.8 Å². The van der Waals surface area contributed by atoms with Gasteiger partial charge in [0.05, 0.1) is 12.8 Å². The number of amides is 1. The highest BCUT2D eigenvalue weighted by Crippen LogP contribution is 2.29. The van der Waals surface area contributed by atoms with E-state index in [0.29, 0.717) is 17.0 Å². The first-order chi connectivity index (χ1) is 13.3. The zero-order valence-electron chi connectivity index (χ0n) is 15.4. The summed E-state index contributed by atoms with van der Waals surface area (Å²) < 4.78 is 32.6. The highest BCUT2D eigenvalue weighted by atomic mass is 32.2. The van der Waals surface area contributed by atoms with E-state index in [2.05, 4.69) is 20.2 Å². The molecule has 0 spiro atoms. The SMILES string of the molecule is COc1ccc(C)cc1NS(=O)(=O)c1nnc(NC(=O)c2ccccc2C)s1. The molecule has 10 heteroatoms. The predicted octanol–water partition coefficient (Wildman–Crippen LogP) is 3.22. The lowest BCUT2D eigenvalue weighted by Crippen LogP contribution is -2.13. The van der Waals surface area contributed by atoms with Crippen molar-refractivity contribution in [2.24, 2.45) is 0 Å². The molecule has 2 N–H and O–H groups in total. The summed E-state index contributed by atoms with van der Waals surface area (Å²) in [7, 11) is -2.54. The van der Waals surface area contributed by atoms with Crippen molar-refractivity contribution in [3.05, 3.63) is 59.2 Å². The van der Waals surface area contributed by atoms with E-state index in [9.17, 15) is 13.2 Å². The molecule has 1 heterocycles. The lowest BCUT2D eigenvalue weighted by atomic mass is 10.1. The van der Waals surface area contributed by atoms with Crippen molar-refractivity contribution >= 4 is 38.1 Å². The first-order valence-corrected chi connectivity index (χ1v) is 10.5. The number of aryl methyl sites for hydroxylation is 2. The van der Waals surface area contributed by atoms with E-state index < -0.39 is 10.0 Å². The second-order valence-electron chi connectivity index (χ2n) is 5.95. The number of methoxy groups -OCH3 is 1. The fraction of sp³-hybridized carbons (Fsp3) is 0.167. The lowest BCUT2D eigenvalue weighted by Gasteiger charge is -2.10. The van der Waals surface area contributed by atoms with Gasteiger partial charge in [-0.3, -0.25) is 14.8 Å². The van der Waals surface area contributed by atoms with Crippen molar-refractivity contribution in [2.45, 2.75) is 18.2 Å². The Morgan fingerprint density at radius 2 is 1.86 bits per heavy atom. The second-order valence-corrected chi connectivity index (χ2v) is 8.79. The van der Waals surface area contributed by atoms with Crippen LogP contribution in [-0.4, -0.2) is 31.6 Å². The van der Waals surface area contributed by atoms with Crippen molar-refractivity contribution in [3.63, 3.8) is 0 Å². The van der Waals surface area contributed by atoms with Crippen LogP contribution in [0.5, 0.6) is 5.75 Å². The minimum atomic E-state index is -3.99. The van der Waals surface area contributed by atoms with Gasteiger partial charge in [0.1, 0.15) is 5.75 Å². The molecule has 1 aromatic heterocycles. The van der Waals surface area contributed by atoms with Gasteiger partial charge in [-0.05, 0) is 43.2 Å². The fourth-order valence-electron chi connectivity index (χ4n) is 2.45. The topological polar surface area (TPSA) is 110 Å². The number of aromatic nitrogens is 2. The van der Waals surface area contributed by atoms with E-state index in [-0.39, 0.29) is 15.4 Å². The number of ether oxygens (including phenoxy) is 1. The molecule has 0 aliphatic rings. The number of carbonyl (C=O) groups is 1. The smallest absolute Gasteiger partial charge is 0.291 e. The van der Waals surface area contributed by atoms with Gasteiger partial charge in [-0.15, -0.1) is 10.2 Å². The maximum Gasteiger partial charge on any atom is 0.291 e. The van der Waals surface area contributed by atoms with Crippen LogP contribution in [0.15, 0.2) is 46.8 Å². The van der Waals surface area contributed by atoms with E-state index in [1.165, 1.54) is 7.11 Å². The molecule has 0 atom stereocenters. The molecule has 3 rings (SSSR count). The Morgan fingerprint density at radius 1 is 1.11 bits per heavy atom. The molecule has 2 aromatic carbocycles. The number of carbonyl (C=O) groups excluding carboxylic acids is 1. The van der Waals surface area contributed by atoms with Crippen LogP contribution in [0.1, 0.15) is 21.5 Å². The third-order valence-corrected chi connectivity index (χ3v) is 6.42. The normalized spacial score (nSPS) is 11.1. The van der Waals surface area contributed by atoms with Gasteiger partial charge in [0.2, 0.25) is 5.13 Å². The average molecular weight is 419 g/mol. The lowest BCUT2D eigenvalue weighted by molar-refractivity contribution is 0.102. The van der Waals surface area contributed by atoms with Gasteiger partial charge < -0.3 is 4.74 Å². The summed E-state index contributed by atoms with van der Waals surface area (Å²) in [5.41, 5.74) is 2.43. The minimum Gasteiger partial charge on any atom is -0.495 e. The first-order valence-electron chi connectivity index (χ1n) is 8.18. The standard InChI is InChI=1S/C18H18N4O4S2/c1-11-8-9-15(26-3)14(10-11)22-28(24,25)18-21-20-17(27-18)19-16(23)13-7-5-4-6-12(13)2/h4-10,22H,1-3H3,(H,19,20,23). The fourth-order valence-corrected chi connectivity index (χ4v) is 4.41. The molecule has 0 saturated carbocycles. The van der Waals surface area contributed by atoms with E-state index in [1.807, 2.05) is 26.0 Å². The average Bonchev–Trinajstić information content (AvgIpc) is 3.11. The number of hydrogen-bond donors (Lipinski definition) is 2. The summed E-state index contributed by atoms with van der Waals surface area (Å²) in [4.78, 5) is 12.4. The van der Waals surface area contributed by atoms with Crippen LogP contribution in [0.2, 0.25) is 0 Å². The Labute approximate surface area is 166 Å². The molecule has 0 unspecified atom stereocenters. The molecule has 8 nitrogen and oxygen atoms in total. The Bertz CT molecular complexity index is 1130. The Hall–Kier alpha value is -2.98. The molecule has 0 aliphatic heterocycles. The Balaban J connectivity index is 1.80. The molecule has 0 fully saturated rings. The molecule has 0 saturated heterocycles. The summed E-state index contributed by atoms with van der Waals surface area (Å²) in [5, 5.41) is 10.1. The van der Waals surface area contributed by atoms with E-state index in [0.717, 1.165) is 22.5 Å². The summed E-state index contributed by atoms with van der Waals surface area (Å²) in [6.45, 7) is 3.64. The molecule has 146 valence electrons. The highest BCUT2D eigenvalue weighted by Gasteiger charge is 2.23. The number of sulfonamides is 1. The molecular formula is C18H18N4O4S2. The minimum absolute atomic E-state index is 0.0878.